The van der Waals surface area contributed by atoms with Gasteiger partial charge in [-0.25, -0.2) is 0 Å². The zero-order chi connectivity index (χ0) is 9.42. The number of aromatic amines is 1. The van der Waals surface area contributed by atoms with E-state index in [4.69, 9.17) is 0 Å². The highest BCUT2D eigenvalue weighted by atomic mass is 127. The van der Waals surface area contributed by atoms with Crippen LogP contribution in [0.3, 0.4) is 0 Å². The molecule has 2 rings (SSSR count). The SMILES string of the molecule is CC(=O)c1[nH]c(I)c2c1CCCC2. The minimum absolute atomic E-state index is 0.168. The molecule has 1 aromatic rings. The number of ketones is 1. The van der Waals surface area contributed by atoms with Gasteiger partial charge < -0.3 is 4.98 Å². The van der Waals surface area contributed by atoms with Crippen molar-refractivity contribution >= 4 is 28.4 Å². The monoisotopic (exact) mass is 289 g/mol. The van der Waals surface area contributed by atoms with Gasteiger partial charge >= 0.3 is 0 Å². The molecular weight excluding hydrogens is 277 g/mol. The number of rotatable bonds is 1. The number of nitrogens with one attached hydrogen (secondary N) is 1. The van der Waals surface area contributed by atoms with Gasteiger partial charge in [0.05, 0.1) is 9.39 Å². The van der Waals surface area contributed by atoms with Crippen LogP contribution in [0.4, 0.5) is 0 Å². The first-order valence-electron chi connectivity index (χ1n) is 4.60. The van der Waals surface area contributed by atoms with Crippen LogP contribution in [0.1, 0.15) is 41.4 Å². The molecule has 0 unspecified atom stereocenters. The molecule has 3 heteroatoms. The lowest BCUT2D eigenvalue weighted by atomic mass is 9.93. The van der Waals surface area contributed by atoms with Crippen molar-refractivity contribution in [2.45, 2.75) is 32.6 Å². The summed E-state index contributed by atoms with van der Waals surface area (Å²) in [5.41, 5.74) is 3.51. The summed E-state index contributed by atoms with van der Waals surface area (Å²) >= 11 is 2.29. The van der Waals surface area contributed by atoms with Gasteiger partial charge in [0.15, 0.2) is 5.78 Å². The normalized spacial score (nSPS) is 15.5. The maximum Gasteiger partial charge on any atom is 0.176 e. The van der Waals surface area contributed by atoms with E-state index in [9.17, 15) is 4.79 Å². The van der Waals surface area contributed by atoms with Crippen LogP contribution < -0.4 is 0 Å². The summed E-state index contributed by atoms with van der Waals surface area (Å²) in [4.78, 5) is 14.5. The summed E-state index contributed by atoms with van der Waals surface area (Å²) in [6.45, 7) is 1.64. The van der Waals surface area contributed by atoms with Crippen molar-refractivity contribution in [1.82, 2.24) is 4.98 Å². The smallest absolute Gasteiger partial charge is 0.176 e. The van der Waals surface area contributed by atoms with E-state index in [2.05, 4.69) is 27.6 Å². The average Bonchev–Trinajstić information content (AvgIpc) is 2.45. The molecular formula is C10H12INO. The molecule has 13 heavy (non-hydrogen) atoms. The molecule has 0 aromatic carbocycles. The lowest BCUT2D eigenvalue weighted by Crippen LogP contribution is -2.04. The summed E-state index contributed by atoms with van der Waals surface area (Å²) < 4.78 is 1.16. The van der Waals surface area contributed by atoms with E-state index in [1.807, 2.05) is 0 Å². The Hall–Kier alpha value is -0.320. The number of fused-ring (bicyclic) bond motifs is 1. The van der Waals surface area contributed by atoms with Crippen molar-refractivity contribution < 1.29 is 4.79 Å². The lowest BCUT2D eigenvalue weighted by Gasteiger charge is -2.11. The molecule has 1 aliphatic rings. The van der Waals surface area contributed by atoms with Crippen LogP contribution in [0.5, 0.6) is 0 Å². The Morgan fingerprint density at radius 2 is 1.92 bits per heavy atom. The maximum atomic E-state index is 11.3. The Morgan fingerprint density at radius 3 is 2.54 bits per heavy atom. The van der Waals surface area contributed by atoms with Crippen molar-refractivity contribution in [3.8, 4) is 0 Å². The topological polar surface area (TPSA) is 32.9 Å². The summed E-state index contributed by atoms with van der Waals surface area (Å²) in [5, 5.41) is 0. The second-order valence-electron chi connectivity index (χ2n) is 3.53. The van der Waals surface area contributed by atoms with Gasteiger partial charge in [-0.2, -0.15) is 0 Å². The third-order valence-corrected chi connectivity index (χ3v) is 3.54. The quantitative estimate of drug-likeness (QED) is 0.626. The summed E-state index contributed by atoms with van der Waals surface area (Å²) in [5.74, 6) is 0.168. The van der Waals surface area contributed by atoms with Crippen molar-refractivity contribution in [3.05, 3.63) is 20.5 Å². The van der Waals surface area contributed by atoms with E-state index in [0.717, 1.165) is 22.2 Å². The van der Waals surface area contributed by atoms with Gasteiger partial charge in [-0.3, -0.25) is 4.79 Å². The van der Waals surface area contributed by atoms with Crippen LogP contribution >= 0.6 is 22.6 Å². The summed E-state index contributed by atoms with van der Waals surface area (Å²) in [7, 11) is 0. The molecule has 2 nitrogen and oxygen atoms in total. The molecule has 1 heterocycles. The Morgan fingerprint density at radius 1 is 1.31 bits per heavy atom. The summed E-state index contributed by atoms with van der Waals surface area (Å²) in [6, 6.07) is 0. The van der Waals surface area contributed by atoms with Crippen LogP contribution in [-0.2, 0) is 12.8 Å². The second-order valence-corrected chi connectivity index (χ2v) is 4.61. The van der Waals surface area contributed by atoms with Gasteiger partial charge in [0.2, 0.25) is 0 Å². The lowest BCUT2D eigenvalue weighted by molar-refractivity contribution is 0.101. The Balaban J connectivity index is 2.53. The number of carbonyl (C=O) groups excluding carboxylic acids is 1. The highest BCUT2D eigenvalue weighted by molar-refractivity contribution is 14.1. The molecule has 0 spiro atoms. The molecule has 0 fully saturated rings. The Kier molecular flexibility index (Phi) is 2.45. The Bertz CT molecular complexity index is 354. The number of halogens is 1. The van der Waals surface area contributed by atoms with Gasteiger partial charge in [0, 0.05) is 6.92 Å². The first-order valence-corrected chi connectivity index (χ1v) is 5.68. The third-order valence-electron chi connectivity index (χ3n) is 2.62. The molecule has 0 saturated heterocycles. The molecule has 0 radical (unpaired) electrons. The second kappa shape index (κ2) is 3.44. The summed E-state index contributed by atoms with van der Waals surface area (Å²) in [6.07, 6.45) is 4.69. The third kappa shape index (κ3) is 1.54. The predicted molar refractivity (Wildman–Crippen MR) is 60.2 cm³/mol. The van der Waals surface area contributed by atoms with E-state index in [1.54, 1.807) is 6.92 Å². The molecule has 0 amide bonds. The minimum atomic E-state index is 0.168. The number of hydrogen-bond donors (Lipinski definition) is 1. The van der Waals surface area contributed by atoms with Crippen LogP contribution in [0, 0.1) is 3.70 Å². The molecule has 0 atom stereocenters. The van der Waals surface area contributed by atoms with Crippen molar-refractivity contribution in [2.75, 3.05) is 0 Å². The van der Waals surface area contributed by atoms with E-state index in [0.29, 0.717) is 0 Å². The number of Topliss-reactive ketones (excluding diaryl/α,β-unsaturated/α-hetero) is 1. The highest BCUT2D eigenvalue weighted by Gasteiger charge is 2.20. The van der Waals surface area contributed by atoms with E-state index in [-0.39, 0.29) is 5.78 Å². The molecule has 1 aliphatic carbocycles. The van der Waals surface area contributed by atoms with Gasteiger partial charge in [0.1, 0.15) is 0 Å². The fourth-order valence-electron chi connectivity index (χ4n) is 1.98. The molecule has 0 aliphatic heterocycles. The van der Waals surface area contributed by atoms with Crippen LogP contribution in [0.15, 0.2) is 0 Å². The van der Waals surface area contributed by atoms with Crippen molar-refractivity contribution in [3.63, 3.8) is 0 Å². The fraction of sp³-hybridized carbons (Fsp3) is 0.500. The molecule has 70 valence electrons. The standard InChI is InChI=1S/C10H12INO/c1-6(13)9-7-4-2-3-5-8(7)10(11)12-9/h12H,2-5H2,1H3. The number of carbonyl (C=O) groups is 1. The Labute approximate surface area is 91.2 Å². The van der Waals surface area contributed by atoms with Crippen molar-refractivity contribution in [2.24, 2.45) is 0 Å². The largest absolute Gasteiger partial charge is 0.347 e. The molecule has 0 bridgehead atoms. The van der Waals surface area contributed by atoms with Gasteiger partial charge in [-0.05, 0) is 59.4 Å². The highest BCUT2D eigenvalue weighted by Crippen LogP contribution is 2.28. The number of H-pyrrole nitrogens is 1. The van der Waals surface area contributed by atoms with Gasteiger partial charge in [0.25, 0.3) is 0 Å². The molecule has 1 aromatic heterocycles. The zero-order valence-corrected chi connectivity index (χ0v) is 9.77. The van der Waals surface area contributed by atoms with Gasteiger partial charge in [-0.1, -0.05) is 0 Å². The molecule has 0 saturated carbocycles. The zero-order valence-electron chi connectivity index (χ0n) is 7.61. The number of aromatic nitrogens is 1. The van der Waals surface area contributed by atoms with E-state index >= 15 is 0 Å². The van der Waals surface area contributed by atoms with Crippen LogP contribution in [0.2, 0.25) is 0 Å². The average molecular weight is 289 g/mol. The first kappa shape index (κ1) is 9.24. The minimum Gasteiger partial charge on any atom is -0.347 e. The van der Waals surface area contributed by atoms with Gasteiger partial charge in [-0.15, -0.1) is 0 Å². The number of hydrogen-bond acceptors (Lipinski definition) is 1. The predicted octanol–water partition coefficient (Wildman–Crippen LogP) is 2.70. The van der Waals surface area contributed by atoms with E-state index in [1.165, 1.54) is 24.0 Å². The maximum absolute atomic E-state index is 11.3. The first-order chi connectivity index (χ1) is 6.20. The van der Waals surface area contributed by atoms with Crippen LogP contribution in [-0.4, -0.2) is 10.8 Å². The van der Waals surface area contributed by atoms with Crippen LogP contribution in [0.25, 0.3) is 0 Å². The van der Waals surface area contributed by atoms with Crippen molar-refractivity contribution in [1.29, 1.82) is 0 Å². The molecule has 1 N–H and O–H groups in total. The fourth-order valence-corrected chi connectivity index (χ4v) is 2.85. The van der Waals surface area contributed by atoms with E-state index < -0.39 is 0 Å².